The Morgan fingerprint density at radius 1 is 1.35 bits per heavy atom. The molecule has 1 aliphatic rings. The second kappa shape index (κ2) is 6.41. The lowest BCUT2D eigenvalue weighted by Gasteiger charge is -2.10. The van der Waals surface area contributed by atoms with Crippen molar-refractivity contribution in [1.29, 1.82) is 0 Å². The number of nitrogens with one attached hydrogen (secondary N) is 1. The molecule has 1 atom stereocenters. The molecule has 1 unspecified atom stereocenters. The Labute approximate surface area is 139 Å². The summed E-state index contributed by atoms with van der Waals surface area (Å²) in [7, 11) is -2.98. The van der Waals surface area contributed by atoms with Crippen LogP contribution in [0.25, 0.3) is 10.6 Å². The number of amides is 1. The molecule has 1 aliphatic heterocycles. The third-order valence-electron chi connectivity index (χ3n) is 3.83. The first-order valence-electron chi connectivity index (χ1n) is 7.44. The Balaban J connectivity index is 1.66. The van der Waals surface area contributed by atoms with Gasteiger partial charge in [-0.1, -0.05) is 30.3 Å². The SMILES string of the molecule is Cc1nc(-c2ccccc2)sc1CC(=O)NC1CCS(=O)(=O)C1. The fourth-order valence-electron chi connectivity index (χ4n) is 2.63. The monoisotopic (exact) mass is 350 g/mol. The van der Waals surface area contributed by atoms with Crippen molar-refractivity contribution in [2.24, 2.45) is 0 Å². The van der Waals surface area contributed by atoms with Crippen molar-refractivity contribution in [3.05, 3.63) is 40.9 Å². The molecule has 7 heteroatoms. The van der Waals surface area contributed by atoms with Gasteiger partial charge in [0.2, 0.25) is 5.91 Å². The van der Waals surface area contributed by atoms with Crippen molar-refractivity contribution in [2.45, 2.75) is 25.8 Å². The molecule has 1 aromatic heterocycles. The van der Waals surface area contributed by atoms with Gasteiger partial charge in [0.25, 0.3) is 0 Å². The van der Waals surface area contributed by atoms with Gasteiger partial charge in [0.05, 0.1) is 23.6 Å². The Kier molecular flexibility index (Phi) is 4.50. The third-order valence-corrected chi connectivity index (χ3v) is 6.81. The van der Waals surface area contributed by atoms with Crippen LogP contribution >= 0.6 is 11.3 Å². The topological polar surface area (TPSA) is 76.1 Å². The summed E-state index contributed by atoms with van der Waals surface area (Å²) in [4.78, 5) is 17.6. The predicted octanol–water partition coefficient (Wildman–Crippen LogP) is 1.96. The van der Waals surface area contributed by atoms with Crippen LogP contribution in [0.1, 0.15) is 17.0 Å². The molecular weight excluding hydrogens is 332 g/mol. The van der Waals surface area contributed by atoms with E-state index >= 15 is 0 Å². The number of rotatable bonds is 4. The first kappa shape index (κ1) is 16.1. The molecule has 3 rings (SSSR count). The van der Waals surface area contributed by atoms with Crippen LogP contribution < -0.4 is 5.32 Å². The summed E-state index contributed by atoms with van der Waals surface area (Å²) in [5.41, 5.74) is 1.89. The number of nitrogens with zero attached hydrogens (tertiary/aromatic N) is 1. The fraction of sp³-hybridized carbons (Fsp3) is 0.375. The zero-order valence-electron chi connectivity index (χ0n) is 12.8. The number of thiazole rings is 1. The quantitative estimate of drug-likeness (QED) is 0.915. The number of aryl methyl sites for hydroxylation is 1. The normalized spacial score (nSPS) is 19.6. The molecule has 2 heterocycles. The van der Waals surface area contributed by atoms with E-state index in [4.69, 9.17) is 0 Å². The molecule has 23 heavy (non-hydrogen) atoms. The van der Waals surface area contributed by atoms with Crippen LogP contribution in [0.15, 0.2) is 30.3 Å². The van der Waals surface area contributed by atoms with E-state index in [9.17, 15) is 13.2 Å². The summed E-state index contributed by atoms with van der Waals surface area (Å²) >= 11 is 1.51. The molecular formula is C16H18N2O3S2. The molecule has 1 aromatic carbocycles. The van der Waals surface area contributed by atoms with Crippen molar-refractivity contribution in [2.75, 3.05) is 11.5 Å². The average molecular weight is 350 g/mol. The van der Waals surface area contributed by atoms with Gasteiger partial charge in [-0.3, -0.25) is 4.79 Å². The van der Waals surface area contributed by atoms with Crippen molar-refractivity contribution in [1.82, 2.24) is 10.3 Å². The third kappa shape index (κ3) is 3.97. The molecule has 0 bridgehead atoms. The van der Waals surface area contributed by atoms with E-state index in [-0.39, 0.29) is 29.9 Å². The predicted molar refractivity (Wildman–Crippen MR) is 91.2 cm³/mol. The van der Waals surface area contributed by atoms with Gasteiger partial charge in [-0.2, -0.15) is 0 Å². The van der Waals surface area contributed by atoms with Gasteiger partial charge in [-0.25, -0.2) is 13.4 Å². The van der Waals surface area contributed by atoms with E-state index < -0.39 is 9.84 Å². The summed E-state index contributed by atoms with van der Waals surface area (Å²) in [6.45, 7) is 1.89. The van der Waals surface area contributed by atoms with Gasteiger partial charge in [0, 0.05) is 16.5 Å². The van der Waals surface area contributed by atoms with E-state index in [0.717, 1.165) is 21.1 Å². The zero-order valence-corrected chi connectivity index (χ0v) is 14.4. The second-order valence-electron chi connectivity index (χ2n) is 5.74. The largest absolute Gasteiger partial charge is 0.352 e. The van der Waals surface area contributed by atoms with Crippen LogP contribution in [0.4, 0.5) is 0 Å². The number of hydrogen-bond donors (Lipinski definition) is 1. The summed E-state index contributed by atoms with van der Waals surface area (Å²) < 4.78 is 22.9. The van der Waals surface area contributed by atoms with Crippen LogP contribution in [0, 0.1) is 6.92 Å². The molecule has 0 radical (unpaired) electrons. The van der Waals surface area contributed by atoms with Crippen LogP contribution in [0.5, 0.6) is 0 Å². The Bertz CT molecular complexity index is 813. The van der Waals surface area contributed by atoms with E-state index in [0.29, 0.717) is 6.42 Å². The van der Waals surface area contributed by atoms with E-state index in [1.165, 1.54) is 11.3 Å². The minimum Gasteiger partial charge on any atom is -0.352 e. The number of sulfone groups is 1. The van der Waals surface area contributed by atoms with Gasteiger partial charge in [-0.15, -0.1) is 11.3 Å². The minimum atomic E-state index is -2.98. The lowest BCUT2D eigenvalue weighted by Crippen LogP contribution is -2.36. The average Bonchev–Trinajstić information content (AvgIpc) is 3.03. The van der Waals surface area contributed by atoms with Gasteiger partial charge in [-0.05, 0) is 13.3 Å². The summed E-state index contributed by atoms with van der Waals surface area (Å²) in [5.74, 6) is 0.0733. The molecule has 1 saturated heterocycles. The number of benzene rings is 1. The summed E-state index contributed by atoms with van der Waals surface area (Å²) in [6.07, 6.45) is 0.748. The number of carbonyl (C=O) groups excluding carboxylic acids is 1. The highest BCUT2D eigenvalue weighted by atomic mass is 32.2. The number of carbonyl (C=O) groups is 1. The smallest absolute Gasteiger partial charge is 0.225 e. The zero-order chi connectivity index (χ0) is 16.4. The first-order chi connectivity index (χ1) is 10.9. The van der Waals surface area contributed by atoms with E-state index in [2.05, 4.69) is 10.3 Å². The highest BCUT2D eigenvalue weighted by molar-refractivity contribution is 7.91. The summed E-state index contributed by atoms with van der Waals surface area (Å²) in [6, 6.07) is 9.59. The van der Waals surface area contributed by atoms with Crippen molar-refractivity contribution < 1.29 is 13.2 Å². The second-order valence-corrected chi connectivity index (χ2v) is 9.05. The number of aromatic nitrogens is 1. The molecule has 5 nitrogen and oxygen atoms in total. The summed E-state index contributed by atoms with van der Waals surface area (Å²) in [5, 5.41) is 3.72. The van der Waals surface area contributed by atoms with Crippen LogP contribution in [0.2, 0.25) is 0 Å². The maximum Gasteiger partial charge on any atom is 0.225 e. The van der Waals surface area contributed by atoms with E-state index in [1.807, 2.05) is 37.3 Å². The molecule has 122 valence electrons. The standard InChI is InChI=1S/C16H18N2O3S2/c1-11-14(22-16(17-11)12-5-3-2-4-6-12)9-15(19)18-13-7-8-23(20,21)10-13/h2-6,13H,7-10H2,1H3,(H,18,19). The van der Waals surface area contributed by atoms with Crippen molar-refractivity contribution in [3.8, 4) is 10.6 Å². The molecule has 0 saturated carbocycles. The molecule has 1 amide bonds. The molecule has 0 aliphatic carbocycles. The molecule has 1 fully saturated rings. The van der Waals surface area contributed by atoms with E-state index in [1.54, 1.807) is 0 Å². The maximum atomic E-state index is 12.2. The Morgan fingerprint density at radius 3 is 2.74 bits per heavy atom. The van der Waals surface area contributed by atoms with Crippen molar-refractivity contribution >= 4 is 27.1 Å². The van der Waals surface area contributed by atoms with Gasteiger partial charge < -0.3 is 5.32 Å². The lowest BCUT2D eigenvalue weighted by molar-refractivity contribution is -0.120. The fourth-order valence-corrected chi connectivity index (χ4v) is 5.37. The van der Waals surface area contributed by atoms with Gasteiger partial charge >= 0.3 is 0 Å². The van der Waals surface area contributed by atoms with Crippen LogP contribution in [-0.4, -0.2) is 36.9 Å². The van der Waals surface area contributed by atoms with Crippen LogP contribution in [-0.2, 0) is 21.1 Å². The highest BCUT2D eigenvalue weighted by Crippen LogP contribution is 2.28. The molecule has 2 aromatic rings. The molecule has 1 N–H and O–H groups in total. The molecule has 0 spiro atoms. The highest BCUT2D eigenvalue weighted by Gasteiger charge is 2.29. The van der Waals surface area contributed by atoms with Crippen molar-refractivity contribution in [3.63, 3.8) is 0 Å². The first-order valence-corrected chi connectivity index (χ1v) is 10.1. The van der Waals surface area contributed by atoms with Gasteiger partial charge in [0.15, 0.2) is 9.84 Å². The Morgan fingerprint density at radius 2 is 2.09 bits per heavy atom. The lowest BCUT2D eigenvalue weighted by atomic mass is 10.2. The number of hydrogen-bond acceptors (Lipinski definition) is 5. The van der Waals surface area contributed by atoms with Crippen LogP contribution in [0.3, 0.4) is 0 Å². The van der Waals surface area contributed by atoms with Gasteiger partial charge in [0.1, 0.15) is 5.01 Å². The maximum absolute atomic E-state index is 12.2. The minimum absolute atomic E-state index is 0.0513. The Hall–Kier alpha value is -1.73.